The van der Waals surface area contributed by atoms with Crippen molar-refractivity contribution in [2.45, 2.75) is 70.5 Å². The Balaban J connectivity index is 1.75. The second-order valence-electron chi connectivity index (χ2n) is 11.3. The second-order valence-corrected chi connectivity index (χ2v) is 14.1. The average Bonchev–Trinajstić information content (AvgIpc) is 3.47. The van der Waals surface area contributed by atoms with Crippen molar-refractivity contribution < 1.29 is 18.0 Å². The Hall–Kier alpha value is -3.17. The minimum absolute atomic E-state index is 0.0439. The highest BCUT2D eigenvalue weighted by Gasteiger charge is 2.34. The third kappa shape index (κ3) is 8.44. The third-order valence-corrected chi connectivity index (χ3v) is 9.40. The zero-order chi connectivity index (χ0) is 30.3. The van der Waals surface area contributed by atoms with E-state index in [-0.39, 0.29) is 24.4 Å². The fraction of sp³-hybridized carbons (Fsp3) is 0.394. The van der Waals surface area contributed by atoms with Crippen LogP contribution in [0.5, 0.6) is 0 Å². The van der Waals surface area contributed by atoms with Crippen LogP contribution in [-0.4, -0.2) is 50.0 Å². The van der Waals surface area contributed by atoms with Gasteiger partial charge in [0.1, 0.15) is 12.6 Å². The highest BCUT2D eigenvalue weighted by Crippen LogP contribution is 2.29. The summed E-state index contributed by atoms with van der Waals surface area (Å²) in [6.07, 6.45) is 5.38. The molecular weight excluding hydrogens is 614 g/mol. The van der Waals surface area contributed by atoms with Gasteiger partial charge < -0.3 is 10.2 Å². The number of sulfonamides is 1. The maximum absolute atomic E-state index is 14.3. The molecule has 0 saturated heterocycles. The summed E-state index contributed by atoms with van der Waals surface area (Å²) >= 11 is 3.47. The molecule has 0 aromatic heterocycles. The van der Waals surface area contributed by atoms with Gasteiger partial charge in [-0.1, -0.05) is 103 Å². The van der Waals surface area contributed by atoms with Crippen LogP contribution in [0.4, 0.5) is 5.69 Å². The lowest BCUT2D eigenvalue weighted by atomic mass is 10.0. The van der Waals surface area contributed by atoms with Crippen molar-refractivity contribution in [2.75, 3.05) is 17.1 Å². The molecule has 1 saturated carbocycles. The van der Waals surface area contributed by atoms with Crippen molar-refractivity contribution in [1.82, 2.24) is 10.2 Å². The minimum Gasteiger partial charge on any atom is -0.352 e. The molecule has 0 unspecified atom stereocenters. The van der Waals surface area contributed by atoms with E-state index in [4.69, 9.17) is 0 Å². The summed E-state index contributed by atoms with van der Waals surface area (Å²) in [6.45, 7) is 3.72. The van der Waals surface area contributed by atoms with Crippen molar-refractivity contribution in [3.63, 3.8) is 0 Å². The normalized spacial score (nSPS) is 14.5. The van der Waals surface area contributed by atoms with Gasteiger partial charge in [0.25, 0.3) is 0 Å². The van der Waals surface area contributed by atoms with Gasteiger partial charge in [-0.15, -0.1) is 0 Å². The SMILES string of the molecule is CC(C)c1ccccc1N(CC(=O)N(Cc1ccc(Br)cc1)[C@@H](Cc1ccccc1)C(=O)NC1CCCC1)S(C)(=O)=O. The molecule has 0 heterocycles. The van der Waals surface area contributed by atoms with Crippen LogP contribution in [-0.2, 0) is 32.6 Å². The Morgan fingerprint density at radius 3 is 2.14 bits per heavy atom. The summed E-state index contributed by atoms with van der Waals surface area (Å²) < 4.78 is 28.4. The summed E-state index contributed by atoms with van der Waals surface area (Å²) in [4.78, 5) is 29.8. The predicted octanol–water partition coefficient (Wildman–Crippen LogP) is 6.04. The number of halogens is 1. The molecule has 1 aliphatic rings. The minimum atomic E-state index is -3.83. The molecule has 1 atom stereocenters. The quantitative estimate of drug-likeness (QED) is 0.258. The summed E-state index contributed by atoms with van der Waals surface area (Å²) in [5.74, 6) is -0.614. The second kappa shape index (κ2) is 14.3. The van der Waals surface area contributed by atoms with E-state index in [1.165, 1.54) is 4.31 Å². The number of carbonyl (C=O) groups excluding carboxylic acids is 2. The highest BCUT2D eigenvalue weighted by molar-refractivity contribution is 9.10. The number of carbonyl (C=O) groups is 2. The molecule has 9 heteroatoms. The summed E-state index contributed by atoms with van der Waals surface area (Å²) in [5, 5.41) is 3.20. The number of hydrogen-bond acceptors (Lipinski definition) is 4. The van der Waals surface area contributed by atoms with Gasteiger partial charge in [0.2, 0.25) is 21.8 Å². The molecule has 1 N–H and O–H groups in total. The number of benzene rings is 3. The number of hydrogen-bond donors (Lipinski definition) is 1. The van der Waals surface area contributed by atoms with Crippen molar-refractivity contribution >= 4 is 43.5 Å². The summed E-state index contributed by atoms with van der Waals surface area (Å²) in [7, 11) is -3.83. The van der Waals surface area contributed by atoms with Crippen molar-refractivity contribution in [2.24, 2.45) is 0 Å². The van der Waals surface area contributed by atoms with Gasteiger partial charge in [0.05, 0.1) is 11.9 Å². The van der Waals surface area contributed by atoms with E-state index in [0.717, 1.165) is 53.1 Å². The lowest BCUT2D eigenvalue weighted by Crippen LogP contribution is -2.54. The molecule has 1 fully saturated rings. The molecule has 3 aromatic carbocycles. The zero-order valence-corrected chi connectivity index (χ0v) is 26.9. The third-order valence-electron chi connectivity index (χ3n) is 7.75. The van der Waals surface area contributed by atoms with Crippen LogP contribution in [0.3, 0.4) is 0 Å². The molecule has 7 nitrogen and oxygen atoms in total. The first kappa shape index (κ1) is 31.8. The van der Waals surface area contributed by atoms with E-state index in [9.17, 15) is 18.0 Å². The Kier molecular flexibility index (Phi) is 10.8. The van der Waals surface area contributed by atoms with Gasteiger partial charge in [-0.2, -0.15) is 0 Å². The van der Waals surface area contributed by atoms with E-state index in [1.807, 2.05) is 80.6 Å². The molecule has 0 radical (unpaired) electrons. The number of nitrogens with one attached hydrogen (secondary N) is 1. The van der Waals surface area contributed by atoms with Gasteiger partial charge in [0, 0.05) is 23.5 Å². The van der Waals surface area contributed by atoms with E-state index >= 15 is 0 Å². The molecule has 2 amide bonds. The first-order valence-electron chi connectivity index (χ1n) is 14.5. The van der Waals surface area contributed by atoms with Crippen LogP contribution < -0.4 is 9.62 Å². The number of nitrogens with zero attached hydrogens (tertiary/aromatic N) is 2. The van der Waals surface area contributed by atoms with E-state index in [1.54, 1.807) is 17.0 Å². The highest BCUT2D eigenvalue weighted by atomic mass is 79.9. The number of para-hydroxylation sites is 1. The Bertz CT molecular complexity index is 1460. The molecule has 4 rings (SSSR count). The van der Waals surface area contributed by atoms with Crippen LogP contribution in [0.1, 0.15) is 62.1 Å². The van der Waals surface area contributed by atoms with Crippen molar-refractivity contribution in [3.8, 4) is 0 Å². The lowest BCUT2D eigenvalue weighted by Gasteiger charge is -2.34. The smallest absolute Gasteiger partial charge is 0.244 e. The van der Waals surface area contributed by atoms with E-state index < -0.39 is 28.5 Å². The first-order chi connectivity index (χ1) is 20.0. The van der Waals surface area contributed by atoms with Crippen LogP contribution >= 0.6 is 15.9 Å². The number of amides is 2. The summed E-state index contributed by atoms with van der Waals surface area (Å²) in [5.41, 5.74) is 3.06. The fourth-order valence-corrected chi connectivity index (χ4v) is 6.64. The first-order valence-corrected chi connectivity index (χ1v) is 17.1. The van der Waals surface area contributed by atoms with Gasteiger partial charge in [-0.25, -0.2) is 8.42 Å². The molecule has 3 aromatic rings. The zero-order valence-electron chi connectivity index (χ0n) is 24.5. The van der Waals surface area contributed by atoms with Gasteiger partial charge in [0.15, 0.2) is 0 Å². The Labute approximate surface area is 258 Å². The van der Waals surface area contributed by atoms with Crippen molar-refractivity contribution in [1.29, 1.82) is 0 Å². The molecular formula is C33H40BrN3O4S. The van der Waals surface area contributed by atoms with Crippen LogP contribution in [0.2, 0.25) is 0 Å². The standard InChI is InChI=1S/C33H40BrN3O4S/c1-24(2)29-15-9-10-16-30(29)37(42(3,40)41)23-32(38)36(22-26-17-19-27(34)20-18-26)31(21-25-11-5-4-6-12-25)33(39)35-28-13-7-8-14-28/h4-6,9-12,15-20,24,28,31H,7-8,13-14,21-23H2,1-3H3,(H,35,39)/t31-/m0/s1. The molecule has 0 spiro atoms. The molecule has 42 heavy (non-hydrogen) atoms. The number of rotatable bonds is 12. The topological polar surface area (TPSA) is 86.8 Å². The predicted molar refractivity (Wildman–Crippen MR) is 172 cm³/mol. The molecule has 224 valence electrons. The van der Waals surface area contributed by atoms with Crippen LogP contribution in [0.15, 0.2) is 83.3 Å². The molecule has 0 aliphatic heterocycles. The van der Waals surface area contributed by atoms with Gasteiger partial charge in [-0.3, -0.25) is 13.9 Å². The van der Waals surface area contributed by atoms with Crippen LogP contribution in [0.25, 0.3) is 0 Å². The van der Waals surface area contributed by atoms with E-state index in [2.05, 4.69) is 21.2 Å². The average molecular weight is 655 g/mol. The fourth-order valence-electron chi connectivity index (χ4n) is 5.51. The summed E-state index contributed by atoms with van der Waals surface area (Å²) in [6, 6.07) is 23.7. The molecule has 1 aliphatic carbocycles. The monoisotopic (exact) mass is 653 g/mol. The Morgan fingerprint density at radius 2 is 1.52 bits per heavy atom. The van der Waals surface area contributed by atoms with E-state index in [0.29, 0.717) is 12.1 Å². The lowest BCUT2D eigenvalue weighted by molar-refractivity contribution is -0.140. The Morgan fingerprint density at radius 1 is 0.905 bits per heavy atom. The van der Waals surface area contributed by atoms with Crippen LogP contribution in [0, 0.1) is 0 Å². The van der Waals surface area contributed by atoms with Gasteiger partial charge >= 0.3 is 0 Å². The maximum atomic E-state index is 14.3. The molecule has 0 bridgehead atoms. The largest absolute Gasteiger partial charge is 0.352 e. The van der Waals surface area contributed by atoms with Crippen molar-refractivity contribution in [3.05, 3.63) is 100 Å². The number of anilines is 1. The van der Waals surface area contributed by atoms with Gasteiger partial charge in [-0.05, 0) is 53.6 Å². The maximum Gasteiger partial charge on any atom is 0.244 e.